The molecule has 134 valence electrons. The number of nitro benzene ring substituents is 1. The number of anilines is 1. The molecular weight excluding hydrogens is 352 g/mol. The largest absolute Gasteiger partial charge is 0.495 e. The minimum atomic E-state index is -0.383. The molecule has 4 rings (SSSR count). The molecule has 2 aromatic carbocycles. The lowest BCUT2D eigenvalue weighted by Gasteiger charge is -2.39. The van der Waals surface area contributed by atoms with Gasteiger partial charge >= 0.3 is 0 Å². The van der Waals surface area contributed by atoms with E-state index in [1.54, 1.807) is 19.2 Å². The number of nitrogens with zero attached hydrogens (tertiary/aromatic N) is 1. The third kappa shape index (κ3) is 2.54. The van der Waals surface area contributed by atoms with E-state index in [0.717, 1.165) is 23.4 Å². The van der Waals surface area contributed by atoms with E-state index in [0.29, 0.717) is 5.02 Å². The van der Waals surface area contributed by atoms with Gasteiger partial charge in [-0.3, -0.25) is 10.1 Å². The van der Waals surface area contributed by atoms with Crippen molar-refractivity contribution in [3.63, 3.8) is 0 Å². The summed E-state index contributed by atoms with van der Waals surface area (Å²) < 4.78 is 5.56. The number of halogens is 1. The molecule has 26 heavy (non-hydrogen) atoms. The maximum Gasteiger partial charge on any atom is 0.269 e. The number of rotatable bonds is 3. The van der Waals surface area contributed by atoms with E-state index in [1.807, 2.05) is 6.07 Å². The summed E-state index contributed by atoms with van der Waals surface area (Å²) in [4.78, 5) is 10.8. The molecule has 0 radical (unpaired) electrons. The van der Waals surface area contributed by atoms with Crippen LogP contribution in [0.4, 0.5) is 11.4 Å². The molecule has 0 spiro atoms. The van der Waals surface area contributed by atoms with Crippen molar-refractivity contribution in [3.05, 3.63) is 74.3 Å². The van der Waals surface area contributed by atoms with E-state index in [2.05, 4.69) is 30.5 Å². The van der Waals surface area contributed by atoms with Crippen molar-refractivity contribution in [2.24, 2.45) is 5.92 Å². The van der Waals surface area contributed by atoms with Crippen molar-refractivity contribution in [2.45, 2.75) is 25.3 Å². The third-order valence-electron chi connectivity index (χ3n) is 5.44. The molecule has 1 aliphatic heterocycles. The smallest absolute Gasteiger partial charge is 0.269 e. The van der Waals surface area contributed by atoms with Gasteiger partial charge in [-0.2, -0.15) is 0 Å². The van der Waals surface area contributed by atoms with Gasteiger partial charge in [0.15, 0.2) is 0 Å². The number of hydrogen-bond donors (Lipinski definition) is 1. The molecule has 0 amide bonds. The normalized spacial score (nSPS) is 23.1. The number of nitrogens with one attached hydrogen (secondary N) is 1. The highest BCUT2D eigenvalue weighted by Crippen LogP contribution is 2.54. The molecule has 0 saturated heterocycles. The molecule has 0 fully saturated rings. The fourth-order valence-corrected chi connectivity index (χ4v) is 4.47. The van der Waals surface area contributed by atoms with Crippen molar-refractivity contribution >= 4 is 23.0 Å². The van der Waals surface area contributed by atoms with Crippen LogP contribution in [0.25, 0.3) is 0 Å². The van der Waals surface area contributed by atoms with Gasteiger partial charge in [-0.15, -0.1) is 0 Å². The Kier molecular flexibility index (Phi) is 4.11. The van der Waals surface area contributed by atoms with Crippen molar-refractivity contribution in [2.75, 3.05) is 12.4 Å². The summed E-state index contributed by atoms with van der Waals surface area (Å²) in [7, 11) is 1.65. The minimum absolute atomic E-state index is 0.0516. The molecule has 0 aromatic heterocycles. The highest BCUT2D eigenvalue weighted by atomic mass is 35.5. The van der Waals surface area contributed by atoms with Gasteiger partial charge in [0.25, 0.3) is 5.69 Å². The Morgan fingerprint density at radius 1 is 1.31 bits per heavy atom. The van der Waals surface area contributed by atoms with Gasteiger partial charge in [0.05, 0.1) is 23.8 Å². The Balaban J connectivity index is 1.87. The van der Waals surface area contributed by atoms with Gasteiger partial charge in [-0.25, -0.2) is 0 Å². The Bertz CT molecular complexity index is 926. The molecule has 5 nitrogen and oxygen atoms in total. The lowest BCUT2D eigenvalue weighted by atomic mass is 9.75. The third-order valence-corrected chi connectivity index (χ3v) is 5.79. The number of methoxy groups -OCH3 is 1. The van der Waals surface area contributed by atoms with Crippen molar-refractivity contribution < 1.29 is 9.66 Å². The fourth-order valence-electron chi connectivity index (χ4n) is 4.23. The first-order chi connectivity index (χ1) is 12.5. The van der Waals surface area contributed by atoms with Crippen LogP contribution in [0.1, 0.15) is 35.1 Å². The van der Waals surface area contributed by atoms with Crippen LogP contribution < -0.4 is 10.1 Å². The maximum absolute atomic E-state index is 11.2. The molecule has 1 N–H and O–H groups in total. The Morgan fingerprint density at radius 3 is 2.85 bits per heavy atom. The van der Waals surface area contributed by atoms with Crippen LogP contribution in [0.15, 0.2) is 42.5 Å². The average Bonchev–Trinajstić information content (AvgIpc) is 3.11. The number of aryl methyl sites for hydroxylation is 1. The number of fused-ring (bicyclic) bond motifs is 3. The summed E-state index contributed by atoms with van der Waals surface area (Å²) in [6.45, 7) is 2.10. The molecule has 1 heterocycles. The second kappa shape index (κ2) is 6.32. The number of ether oxygens (including phenoxy) is 1. The topological polar surface area (TPSA) is 64.4 Å². The van der Waals surface area contributed by atoms with E-state index in [1.165, 1.54) is 17.2 Å². The van der Waals surface area contributed by atoms with Crippen molar-refractivity contribution in [1.82, 2.24) is 0 Å². The van der Waals surface area contributed by atoms with Crippen LogP contribution >= 0.6 is 11.6 Å². The molecule has 0 bridgehead atoms. The molecule has 2 aromatic rings. The number of nitro groups is 1. The van der Waals surface area contributed by atoms with E-state index in [4.69, 9.17) is 16.3 Å². The van der Waals surface area contributed by atoms with Gasteiger partial charge in [0, 0.05) is 28.6 Å². The van der Waals surface area contributed by atoms with Crippen molar-refractivity contribution in [1.29, 1.82) is 0 Å². The van der Waals surface area contributed by atoms with E-state index < -0.39 is 0 Å². The molecule has 3 atom stereocenters. The molecule has 2 aliphatic rings. The van der Waals surface area contributed by atoms with Gasteiger partial charge in [0.2, 0.25) is 0 Å². The standard InChI is InChI=1S/C20H19ClN2O3/c1-11-6-9-17(26-2)20-18(11)13-4-3-5-14(13)19(22-20)15-10-12(23(24)25)7-8-16(15)21/h3-4,6-10,13-14,19,22H,5H2,1-2H3/t13-,14+,19-/m1/s1. The van der Waals surface area contributed by atoms with Crippen LogP contribution in [0.5, 0.6) is 5.75 Å². The summed E-state index contributed by atoms with van der Waals surface area (Å²) >= 11 is 6.44. The van der Waals surface area contributed by atoms with Gasteiger partial charge in [0.1, 0.15) is 5.75 Å². The fraction of sp³-hybridized carbons (Fsp3) is 0.300. The summed E-state index contributed by atoms with van der Waals surface area (Å²) in [6, 6.07) is 8.54. The number of non-ortho nitro benzene ring substituents is 1. The van der Waals surface area contributed by atoms with E-state index in [-0.39, 0.29) is 28.5 Å². The van der Waals surface area contributed by atoms with Crippen molar-refractivity contribution in [3.8, 4) is 5.75 Å². The lowest BCUT2D eigenvalue weighted by molar-refractivity contribution is -0.384. The Labute approximate surface area is 156 Å². The number of allylic oxidation sites excluding steroid dienone is 2. The molecular formula is C20H19ClN2O3. The van der Waals surface area contributed by atoms with Crippen LogP contribution in [0.2, 0.25) is 5.02 Å². The zero-order chi connectivity index (χ0) is 18.4. The first kappa shape index (κ1) is 16.9. The SMILES string of the molecule is COc1ccc(C)c2c1N[C@@H](c1cc([N+](=O)[O-])ccc1Cl)[C@H]1CC=C[C@@H]21. The zero-order valence-electron chi connectivity index (χ0n) is 14.5. The Hall–Kier alpha value is -2.53. The first-order valence-corrected chi connectivity index (χ1v) is 8.93. The summed E-state index contributed by atoms with van der Waals surface area (Å²) in [5.74, 6) is 1.27. The van der Waals surface area contributed by atoms with E-state index in [9.17, 15) is 10.1 Å². The quantitative estimate of drug-likeness (QED) is 0.447. The van der Waals surface area contributed by atoms with Crippen LogP contribution in [0, 0.1) is 23.0 Å². The average molecular weight is 371 g/mol. The number of hydrogen-bond acceptors (Lipinski definition) is 4. The molecule has 6 heteroatoms. The zero-order valence-corrected chi connectivity index (χ0v) is 15.3. The second-order valence-corrected chi connectivity index (χ2v) is 7.22. The Morgan fingerprint density at radius 2 is 2.12 bits per heavy atom. The summed E-state index contributed by atoms with van der Waals surface area (Å²) in [6.07, 6.45) is 5.32. The van der Waals surface area contributed by atoms with E-state index >= 15 is 0 Å². The highest BCUT2D eigenvalue weighted by molar-refractivity contribution is 6.31. The first-order valence-electron chi connectivity index (χ1n) is 8.55. The number of benzene rings is 2. The van der Waals surface area contributed by atoms with Gasteiger partial charge < -0.3 is 10.1 Å². The van der Waals surface area contributed by atoms with Gasteiger partial charge in [-0.1, -0.05) is 29.8 Å². The maximum atomic E-state index is 11.2. The molecule has 1 aliphatic carbocycles. The predicted molar refractivity (Wildman–Crippen MR) is 102 cm³/mol. The summed E-state index contributed by atoms with van der Waals surface area (Å²) in [5.41, 5.74) is 4.21. The molecule has 0 saturated carbocycles. The monoisotopic (exact) mass is 370 g/mol. The minimum Gasteiger partial charge on any atom is -0.495 e. The summed E-state index contributed by atoms with van der Waals surface area (Å²) in [5, 5.41) is 15.3. The highest BCUT2D eigenvalue weighted by Gasteiger charge is 2.40. The van der Waals surface area contributed by atoms with Crippen LogP contribution in [-0.4, -0.2) is 12.0 Å². The van der Waals surface area contributed by atoms with Crippen LogP contribution in [-0.2, 0) is 0 Å². The predicted octanol–water partition coefficient (Wildman–Crippen LogP) is 5.39. The second-order valence-electron chi connectivity index (χ2n) is 6.81. The molecule has 0 unspecified atom stereocenters. The lowest BCUT2D eigenvalue weighted by Crippen LogP contribution is -2.30. The van der Waals surface area contributed by atoms with Crippen LogP contribution in [0.3, 0.4) is 0 Å². The van der Waals surface area contributed by atoms with Gasteiger partial charge in [-0.05, 0) is 42.5 Å².